The minimum Gasteiger partial charge on any atom is -0.326 e. The Morgan fingerprint density at radius 1 is 0.765 bits per heavy atom. The van der Waals surface area contributed by atoms with E-state index in [1.54, 1.807) is 4.90 Å². The number of rotatable bonds is 5. The molecule has 2 aromatic carbocycles. The number of benzene rings is 2. The van der Waals surface area contributed by atoms with E-state index in [-0.39, 0.29) is 0 Å². The van der Waals surface area contributed by atoms with Crippen LogP contribution < -0.4 is 0 Å². The Morgan fingerprint density at radius 2 is 1.18 bits per heavy atom. The molecule has 1 radical (unpaired) electrons. The van der Waals surface area contributed by atoms with Crippen LogP contribution in [0.2, 0.25) is 0 Å². The van der Waals surface area contributed by atoms with Gasteiger partial charge in [-0.25, -0.2) is 0 Å². The Hall–Kier alpha value is -2.09. The summed E-state index contributed by atoms with van der Waals surface area (Å²) < 4.78 is 0. The number of hydrogen-bond acceptors (Lipinski definition) is 1. The Labute approximate surface area is 102 Å². The van der Waals surface area contributed by atoms with Gasteiger partial charge in [-0.05, 0) is 11.1 Å². The molecule has 0 saturated heterocycles. The predicted molar refractivity (Wildman–Crippen MR) is 67.8 cm³/mol. The van der Waals surface area contributed by atoms with E-state index < -0.39 is 0 Å². The van der Waals surface area contributed by atoms with Gasteiger partial charge in [0, 0.05) is 13.1 Å². The third-order valence-corrected chi connectivity index (χ3v) is 2.56. The molecule has 2 rings (SSSR count). The highest BCUT2D eigenvalue weighted by atomic mass is 16.1. The highest BCUT2D eigenvalue weighted by Crippen LogP contribution is 2.07. The summed E-state index contributed by atoms with van der Waals surface area (Å²) in [5.41, 5.74) is 2.23. The van der Waals surface area contributed by atoms with Gasteiger partial charge in [-0.1, -0.05) is 60.7 Å². The molecule has 0 aliphatic carbocycles. The minimum atomic E-state index is 0.596. The van der Waals surface area contributed by atoms with Gasteiger partial charge in [0.2, 0.25) is 0 Å². The molecule has 0 unspecified atom stereocenters. The summed E-state index contributed by atoms with van der Waals surface area (Å²) in [5.74, 6) is 0. The summed E-state index contributed by atoms with van der Waals surface area (Å²) in [6.07, 6.45) is 1.98. The van der Waals surface area contributed by atoms with Crippen LogP contribution >= 0.6 is 0 Å². The predicted octanol–water partition coefficient (Wildman–Crippen LogP) is 2.76. The molecule has 0 heterocycles. The summed E-state index contributed by atoms with van der Waals surface area (Å²) in [7, 11) is 0. The lowest BCUT2D eigenvalue weighted by atomic mass is 10.2. The van der Waals surface area contributed by atoms with Crippen LogP contribution in [0, 0.1) is 0 Å². The van der Waals surface area contributed by atoms with Gasteiger partial charge in [-0.3, -0.25) is 4.79 Å². The molecule has 0 N–H and O–H groups in total. The second kappa shape index (κ2) is 5.85. The minimum absolute atomic E-state index is 0.596. The molecule has 1 amide bonds. The van der Waals surface area contributed by atoms with E-state index >= 15 is 0 Å². The Bertz CT molecular complexity index is 411. The molecule has 0 aromatic heterocycles. The van der Waals surface area contributed by atoms with Gasteiger partial charge in [0.1, 0.15) is 0 Å². The van der Waals surface area contributed by atoms with Crippen molar-refractivity contribution < 1.29 is 4.79 Å². The zero-order chi connectivity index (χ0) is 11.9. The summed E-state index contributed by atoms with van der Waals surface area (Å²) in [4.78, 5) is 12.6. The third kappa shape index (κ3) is 3.45. The Morgan fingerprint density at radius 3 is 1.53 bits per heavy atom. The average molecular weight is 224 g/mol. The first-order chi connectivity index (χ1) is 8.38. The summed E-state index contributed by atoms with van der Waals surface area (Å²) in [6, 6.07) is 19.9. The van der Waals surface area contributed by atoms with Crippen LogP contribution in [-0.2, 0) is 17.9 Å². The van der Waals surface area contributed by atoms with E-state index in [9.17, 15) is 4.79 Å². The molecular weight excluding hydrogens is 210 g/mol. The van der Waals surface area contributed by atoms with E-state index in [1.165, 1.54) is 0 Å². The molecule has 0 saturated carbocycles. The molecule has 85 valence electrons. The van der Waals surface area contributed by atoms with Crippen LogP contribution in [0.25, 0.3) is 0 Å². The molecule has 2 heteroatoms. The van der Waals surface area contributed by atoms with Crippen molar-refractivity contribution in [1.29, 1.82) is 0 Å². The smallest absolute Gasteiger partial charge is 0.312 e. The highest BCUT2D eigenvalue weighted by Gasteiger charge is 2.04. The molecule has 2 aromatic rings. The van der Waals surface area contributed by atoms with E-state index in [4.69, 9.17) is 0 Å². The number of amides is 1. The maximum Gasteiger partial charge on any atom is 0.312 e. The normalized spacial score (nSPS) is 9.88. The van der Waals surface area contributed by atoms with Crippen molar-refractivity contribution in [2.75, 3.05) is 0 Å². The summed E-state index contributed by atoms with van der Waals surface area (Å²) >= 11 is 0. The molecule has 0 aliphatic rings. The fraction of sp³-hybridized carbons (Fsp3) is 0.133. The van der Waals surface area contributed by atoms with Crippen LogP contribution in [0.3, 0.4) is 0 Å². The van der Waals surface area contributed by atoms with E-state index in [0.29, 0.717) is 13.1 Å². The van der Waals surface area contributed by atoms with Crippen LogP contribution in [0.1, 0.15) is 11.1 Å². The van der Waals surface area contributed by atoms with Gasteiger partial charge in [0.25, 0.3) is 0 Å². The van der Waals surface area contributed by atoms with E-state index in [0.717, 1.165) is 11.1 Å². The fourth-order valence-corrected chi connectivity index (χ4v) is 1.73. The van der Waals surface area contributed by atoms with Gasteiger partial charge in [-0.15, -0.1) is 0 Å². The van der Waals surface area contributed by atoms with Crippen molar-refractivity contribution in [3.8, 4) is 0 Å². The fourth-order valence-electron chi connectivity index (χ4n) is 1.73. The maximum absolute atomic E-state index is 10.9. The van der Waals surface area contributed by atoms with Crippen molar-refractivity contribution >= 4 is 6.41 Å². The quantitative estimate of drug-likeness (QED) is 0.715. The first-order valence-electron chi connectivity index (χ1n) is 5.59. The Kier molecular flexibility index (Phi) is 3.92. The SMILES string of the molecule is O=[C]N(Cc1ccccc1)Cc1ccccc1. The zero-order valence-corrected chi connectivity index (χ0v) is 9.54. The van der Waals surface area contributed by atoms with Crippen LogP contribution in [-0.4, -0.2) is 11.3 Å². The van der Waals surface area contributed by atoms with Crippen LogP contribution in [0.4, 0.5) is 0 Å². The van der Waals surface area contributed by atoms with Crippen molar-refractivity contribution in [1.82, 2.24) is 4.90 Å². The largest absolute Gasteiger partial charge is 0.326 e. The monoisotopic (exact) mass is 224 g/mol. The second-order valence-electron chi connectivity index (χ2n) is 3.92. The molecule has 17 heavy (non-hydrogen) atoms. The molecular formula is C15H14NO. The topological polar surface area (TPSA) is 20.3 Å². The standard InChI is InChI=1S/C15H14NO/c17-13-16(11-14-7-3-1-4-8-14)12-15-9-5-2-6-10-15/h1-10H,11-12H2. The molecule has 0 spiro atoms. The van der Waals surface area contributed by atoms with Crippen molar-refractivity contribution in [3.05, 3.63) is 71.8 Å². The van der Waals surface area contributed by atoms with Crippen molar-refractivity contribution in [2.24, 2.45) is 0 Å². The summed E-state index contributed by atoms with van der Waals surface area (Å²) in [6.45, 7) is 1.19. The van der Waals surface area contributed by atoms with Gasteiger partial charge < -0.3 is 4.90 Å². The number of carbonyl (C=O) groups excluding carboxylic acids is 1. The molecule has 0 bridgehead atoms. The van der Waals surface area contributed by atoms with E-state index in [2.05, 4.69) is 0 Å². The van der Waals surface area contributed by atoms with Gasteiger partial charge >= 0.3 is 6.41 Å². The molecule has 0 fully saturated rings. The van der Waals surface area contributed by atoms with Gasteiger partial charge in [0.15, 0.2) is 0 Å². The lowest BCUT2D eigenvalue weighted by Gasteiger charge is -2.16. The first kappa shape index (κ1) is 11.4. The Balaban J connectivity index is 2.01. The van der Waals surface area contributed by atoms with Crippen LogP contribution in [0.5, 0.6) is 0 Å². The molecule has 0 atom stereocenters. The van der Waals surface area contributed by atoms with Crippen molar-refractivity contribution in [2.45, 2.75) is 13.1 Å². The van der Waals surface area contributed by atoms with E-state index in [1.807, 2.05) is 67.1 Å². The second-order valence-corrected chi connectivity index (χ2v) is 3.92. The summed E-state index contributed by atoms with van der Waals surface area (Å²) in [5, 5.41) is 0. The highest BCUT2D eigenvalue weighted by molar-refractivity contribution is 5.48. The number of hydrogen-bond donors (Lipinski definition) is 0. The van der Waals surface area contributed by atoms with Gasteiger partial charge in [-0.2, -0.15) is 0 Å². The third-order valence-electron chi connectivity index (χ3n) is 2.56. The van der Waals surface area contributed by atoms with Gasteiger partial charge in [0.05, 0.1) is 0 Å². The van der Waals surface area contributed by atoms with Crippen molar-refractivity contribution in [3.63, 3.8) is 0 Å². The molecule has 0 aliphatic heterocycles. The first-order valence-corrected chi connectivity index (χ1v) is 5.59. The average Bonchev–Trinajstić information content (AvgIpc) is 2.40. The zero-order valence-electron chi connectivity index (χ0n) is 9.54. The maximum atomic E-state index is 10.9. The number of nitrogens with zero attached hydrogens (tertiary/aromatic N) is 1. The lowest BCUT2D eigenvalue weighted by molar-refractivity contribution is 0.368. The molecule has 2 nitrogen and oxygen atoms in total. The lowest BCUT2D eigenvalue weighted by Crippen LogP contribution is -2.20. The van der Waals surface area contributed by atoms with Crippen LogP contribution in [0.15, 0.2) is 60.7 Å².